The van der Waals surface area contributed by atoms with Crippen molar-refractivity contribution < 1.29 is 4.92 Å². The monoisotopic (exact) mass is 335 g/mol. The summed E-state index contributed by atoms with van der Waals surface area (Å²) < 4.78 is 3.09. The third kappa shape index (κ3) is 2.67. The molecule has 0 fully saturated rings. The Morgan fingerprint density at radius 2 is 2.04 bits per heavy atom. The minimum absolute atomic E-state index is 0.0971. The van der Waals surface area contributed by atoms with Crippen molar-refractivity contribution in [3.8, 4) is 5.82 Å². The molecule has 0 aliphatic heterocycles. The van der Waals surface area contributed by atoms with E-state index in [1.807, 2.05) is 12.1 Å². The van der Waals surface area contributed by atoms with Gasteiger partial charge in [0, 0.05) is 36.8 Å². The molecule has 0 aromatic carbocycles. The molecule has 1 N–H and O–H groups in total. The Balaban J connectivity index is 1.68. The summed E-state index contributed by atoms with van der Waals surface area (Å²) in [6.07, 6.45) is 6.75. The lowest BCUT2D eigenvalue weighted by Gasteiger charge is -2.09. The Morgan fingerprint density at radius 3 is 2.84 bits per heavy atom. The van der Waals surface area contributed by atoms with Crippen molar-refractivity contribution in [3.05, 3.63) is 76.9 Å². The predicted molar refractivity (Wildman–Crippen MR) is 90.5 cm³/mol. The average molecular weight is 335 g/mol. The summed E-state index contributed by atoms with van der Waals surface area (Å²) >= 11 is 0. The van der Waals surface area contributed by atoms with Gasteiger partial charge in [-0.05, 0) is 23.1 Å². The first-order chi connectivity index (χ1) is 12.2. The standard InChI is InChI=1S/C16H13N7O2/c24-23(25)16-14(20-13-6-1-2-9-21(13)16)18-11-12-5-3-7-17-15(12)22-10-4-8-19-22/h1-10,18H,11H2. The van der Waals surface area contributed by atoms with Crippen LogP contribution in [0.15, 0.2) is 61.2 Å². The van der Waals surface area contributed by atoms with E-state index in [-0.39, 0.29) is 11.6 Å². The highest BCUT2D eigenvalue weighted by Crippen LogP contribution is 2.26. The van der Waals surface area contributed by atoms with E-state index in [0.717, 1.165) is 5.56 Å². The molecule has 0 amide bonds. The van der Waals surface area contributed by atoms with Gasteiger partial charge in [-0.15, -0.1) is 0 Å². The van der Waals surface area contributed by atoms with Crippen LogP contribution in [0.1, 0.15) is 5.56 Å². The van der Waals surface area contributed by atoms with Crippen molar-refractivity contribution in [3.63, 3.8) is 0 Å². The van der Waals surface area contributed by atoms with Crippen LogP contribution in [0.5, 0.6) is 0 Å². The molecule has 0 saturated heterocycles. The van der Waals surface area contributed by atoms with Gasteiger partial charge in [-0.2, -0.15) is 14.5 Å². The van der Waals surface area contributed by atoms with E-state index in [4.69, 9.17) is 0 Å². The van der Waals surface area contributed by atoms with E-state index in [1.165, 1.54) is 4.40 Å². The van der Waals surface area contributed by atoms with Gasteiger partial charge in [0.15, 0.2) is 5.82 Å². The Kier molecular flexibility index (Phi) is 3.58. The van der Waals surface area contributed by atoms with Crippen molar-refractivity contribution in [2.45, 2.75) is 6.54 Å². The highest BCUT2D eigenvalue weighted by molar-refractivity contribution is 5.62. The first-order valence-corrected chi connectivity index (χ1v) is 7.53. The van der Waals surface area contributed by atoms with Crippen molar-refractivity contribution in [2.75, 3.05) is 5.32 Å². The van der Waals surface area contributed by atoms with E-state index >= 15 is 0 Å². The number of fused-ring (bicyclic) bond motifs is 1. The molecule has 9 heteroatoms. The Labute approximate surface area is 141 Å². The van der Waals surface area contributed by atoms with Crippen LogP contribution in [0, 0.1) is 10.1 Å². The zero-order chi connectivity index (χ0) is 17.2. The summed E-state index contributed by atoms with van der Waals surface area (Å²) in [5.41, 5.74) is 1.35. The summed E-state index contributed by atoms with van der Waals surface area (Å²) in [4.78, 5) is 19.6. The van der Waals surface area contributed by atoms with Gasteiger partial charge in [-0.25, -0.2) is 9.67 Å². The van der Waals surface area contributed by atoms with Crippen LogP contribution in [-0.2, 0) is 6.54 Å². The van der Waals surface area contributed by atoms with Crippen LogP contribution in [0.3, 0.4) is 0 Å². The zero-order valence-electron chi connectivity index (χ0n) is 13.0. The van der Waals surface area contributed by atoms with Crippen LogP contribution in [0.2, 0.25) is 0 Å². The molecular weight excluding hydrogens is 322 g/mol. The summed E-state index contributed by atoms with van der Waals surface area (Å²) in [5, 5.41) is 18.7. The molecule has 4 aromatic rings. The van der Waals surface area contributed by atoms with E-state index < -0.39 is 4.92 Å². The predicted octanol–water partition coefficient (Wildman–Crippen LogP) is 2.44. The number of nitrogens with zero attached hydrogens (tertiary/aromatic N) is 6. The van der Waals surface area contributed by atoms with Crippen LogP contribution in [-0.4, -0.2) is 29.1 Å². The third-order valence-electron chi connectivity index (χ3n) is 3.71. The Hall–Kier alpha value is -3.75. The summed E-state index contributed by atoms with van der Waals surface area (Å²) in [7, 11) is 0. The maximum atomic E-state index is 11.4. The van der Waals surface area contributed by atoms with E-state index in [9.17, 15) is 10.1 Å². The number of nitro groups is 1. The summed E-state index contributed by atoms with van der Waals surface area (Å²) in [6, 6.07) is 10.7. The highest BCUT2D eigenvalue weighted by atomic mass is 16.6. The molecule has 0 atom stereocenters. The summed E-state index contributed by atoms with van der Waals surface area (Å²) in [6.45, 7) is 0.327. The molecule has 0 radical (unpaired) electrons. The van der Waals surface area contributed by atoms with Gasteiger partial charge in [0.25, 0.3) is 0 Å². The van der Waals surface area contributed by atoms with Gasteiger partial charge >= 0.3 is 5.82 Å². The van der Waals surface area contributed by atoms with Crippen LogP contribution in [0.25, 0.3) is 11.5 Å². The first kappa shape index (κ1) is 14.8. The second kappa shape index (κ2) is 6.04. The molecule has 0 aliphatic carbocycles. The maximum absolute atomic E-state index is 11.4. The molecule has 0 unspecified atom stereocenters. The van der Waals surface area contributed by atoms with E-state index in [0.29, 0.717) is 18.0 Å². The molecule has 9 nitrogen and oxygen atoms in total. The van der Waals surface area contributed by atoms with Crippen molar-refractivity contribution >= 4 is 17.3 Å². The molecule has 25 heavy (non-hydrogen) atoms. The van der Waals surface area contributed by atoms with Gasteiger partial charge in [-0.1, -0.05) is 12.1 Å². The number of imidazole rings is 1. The van der Waals surface area contributed by atoms with Crippen LogP contribution >= 0.6 is 0 Å². The lowest BCUT2D eigenvalue weighted by atomic mass is 10.2. The van der Waals surface area contributed by atoms with Gasteiger partial charge in [0.2, 0.25) is 11.5 Å². The second-order valence-corrected chi connectivity index (χ2v) is 5.26. The number of rotatable bonds is 5. The third-order valence-corrected chi connectivity index (χ3v) is 3.71. The maximum Gasteiger partial charge on any atom is 0.372 e. The number of aromatic nitrogens is 5. The molecule has 4 aromatic heterocycles. The topological polar surface area (TPSA) is 103 Å². The number of hydrogen-bond donors (Lipinski definition) is 1. The van der Waals surface area contributed by atoms with Crippen molar-refractivity contribution in [1.82, 2.24) is 24.1 Å². The number of pyridine rings is 2. The van der Waals surface area contributed by atoms with E-state index in [2.05, 4.69) is 20.4 Å². The second-order valence-electron chi connectivity index (χ2n) is 5.26. The Morgan fingerprint density at radius 1 is 1.12 bits per heavy atom. The minimum Gasteiger partial charge on any atom is -0.359 e. The fourth-order valence-corrected chi connectivity index (χ4v) is 2.62. The zero-order valence-corrected chi connectivity index (χ0v) is 13.0. The van der Waals surface area contributed by atoms with Crippen molar-refractivity contribution in [1.29, 1.82) is 0 Å². The SMILES string of the molecule is O=[N+]([O-])c1c(NCc2cccnc2-n2cccn2)nc2ccccn12. The molecule has 4 rings (SSSR count). The number of anilines is 1. The molecule has 0 spiro atoms. The molecule has 0 bridgehead atoms. The van der Waals surface area contributed by atoms with E-state index in [1.54, 1.807) is 53.7 Å². The van der Waals surface area contributed by atoms with Crippen LogP contribution in [0.4, 0.5) is 11.6 Å². The smallest absolute Gasteiger partial charge is 0.359 e. The molecule has 0 saturated carbocycles. The molecule has 0 aliphatic rings. The molecule has 124 valence electrons. The van der Waals surface area contributed by atoms with Gasteiger partial charge in [0.05, 0.1) is 6.20 Å². The highest BCUT2D eigenvalue weighted by Gasteiger charge is 2.22. The summed E-state index contributed by atoms with van der Waals surface area (Å²) in [5.74, 6) is 0.776. The average Bonchev–Trinajstić information content (AvgIpc) is 3.27. The normalized spacial score (nSPS) is 10.9. The Bertz CT molecular complexity index is 1040. The number of hydrogen-bond acceptors (Lipinski definition) is 6. The fourth-order valence-electron chi connectivity index (χ4n) is 2.62. The van der Waals surface area contributed by atoms with Gasteiger partial charge in [-0.3, -0.25) is 0 Å². The van der Waals surface area contributed by atoms with Crippen molar-refractivity contribution in [2.24, 2.45) is 0 Å². The number of nitrogens with one attached hydrogen (secondary N) is 1. The lowest BCUT2D eigenvalue weighted by Crippen LogP contribution is -2.08. The van der Waals surface area contributed by atoms with Crippen LogP contribution < -0.4 is 5.32 Å². The quantitative estimate of drug-likeness (QED) is 0.444. The fraction of sp³-hybridized carbons (Fsp3) is 0.0625. The van der Waals surface area contributed by atoms with Gasteiger partial charge < -0.3 is 15.4 Å². The molecule has 4 heterocycles. The lowest BCUT2D eigenvalue weighted by molar-refractivity contribution is -0.389. The largest absolute Gasteiger partial charge is 0.372 e. The molecular formula is C16H13N7O2. The minimum atomic E-state index is -0.444. The first-order valence-electron chi connectivity index (χ1n) is 7.53. The van der Waals surface area contributed by atoms with Gasteiger partial charge in [0.1, 0.15) is 0 Å².